The van der Waals surface area contributed by atoms with Crippen molar-refractivity contribution in [2.24, 2.45) is 5.73 Å². The van der Waals surface area contributed by atoms with Crippen molar-refractivity contribution >= 4 is 0 Å². The Labute approximate surface area is 66.3 Å². The third-order valence-electron chi connectivity index (χ3n) is 1.95. The summed E-state index contributed by atoms with van der Waals surface area (Å²) >= 11 is 0. The molecule has 0 aromatic rings. The molecule has 0 amide bonds. The fraction of sp³-hybridized carbons (Fsp3) is 1.00. The van der Waals surface area contributed by atoms with Gasteiger partial charge in [-0.2, -0.15) is 0 Å². The predicted molar refractivity (Wildman–Crippen MR) is 38.9 cm³/mol. The van der Waals surface area contributed by atoms with Gasteiger partial charge in [0.15, 0.2) is 0 Å². The average molecular weight is 163 g/mol. The Morgan fingerprint density at radius 1 is 1.64 bits per heavy atom. The molecule has 0 saturated carbocycles. The van der Waals surface area contributed by atoms with Crippen LogP contribution in [0.3, 0.4) is 0 Å². The van der Waals surface area contributed by atoms with Gasteiger partial charge in [0.1, 0.15) is 1.41 Å². The lowest BCUT2D eigenvalue weighted by Gasteiger charge is -2.35. The molecule has 5 nitrogen and oxygen atoms in total. The molecule has 66 valence electrons. The van der Waals surface area contributed by atoms with Crippen molar-refractivity contribution in [2.75, 3.05) is 13.2 Å². The van der Waals surface area contributed by atoms with Crippen LogP contribution in [0.5, 0.6) is 0 Å². The van der Waals surface area contributed by atoms with Gasteiger partial charge in [0.25, 0.3) is 0 Å². The van der Waals surface area contributed by atoms with Gasteiger partial charge in [-0.1, -0.05) is 0 Å². The van der Waals surface area contributed by atoms with Gasteiger partial charge in [-0.15, -0.1) is 0 Å². The molecule has 1 heterocycles. The minimum atomic E-state index is -1.05. The van der Waals surface area contributed by atoms with E-state index < -0.39 is 24.3 Å². The van der Waals surface area contributed by atoms with Crippen molar-refractivity contribution < 1.29 is 16.7 Å². The second-order valence-electron chi connectivity index (χ2n) is 2.75. The summed E-state index contributed by atoms with van der Waals surface area (Å²) in [6.45, 7) is -0.269. The van der Waals surface area contributed by atoms with Gasteiger partial charge in [-0.05, 0) is 0 Å². The van der Waals surface area contributed by atoms with Crippen molar-refractivity contribution in [1.82, 2.24) is 5.31 Å². The van der Waals surface area contributed by atoms with Crippen molar-refractivity contribution in [3.63, 3.8) is 0 Å². The highest BCUT2D eigenvalue weighted by molar-refractivity contribution is 4.94. The first-order valence-corrected chi connectivity index (χ1v) is 3.56. The van der Waals surface area contributed by atoms with Gasteiger partial charge in [0.2, 0.25) is 0 Å². The topological polar surface area (TPSA) is 98.7 Å². The zero-order chi connectivity index (χ0) is 9.30. The van der Waals surface area contributed by atoms with E-state index in [1.54, 1.807) is 0 Å². The molecular weight excluding hydrogens is 148 g/mol. The number of nitrogens with one attached hydrogen (secondary N) is 1. The summed E-state index contributed by atoms with van der Waals surface area (Å²) in [5.41, 5.74) is 5.43. The zero-order valence-corrected chi connectivity index (χ0v) is 6.09. The summed E-state index contributed by atoms with van der Waals surface area (Å²) in [5.74, 6) is 0. The van der Waals surface area contributed by atoms with Crippen LogP contribution in [0.2, 0.25) is 1.41 Å². The number of hydrogen-bond donors (Lipinski definition) is 5. The van der Waals surface area contributed by atoms with Gasteiger partial charge in [-0.25, -0.2) is 0 Å². The van der Waals surface area contributed by atoms with Gasteiger partial charge >= 0.3 is 0 Å². The molecule has 0 bridgehead atoms. The summed E-state index contributed by atoms with van der Waals surface area (Å²) in [6.07, 6.45) is -1.95. The van der Waals surface area contributed by atoms with Crippen LogP contribution >= 0.6 is 0 Å². The Hall–Kier alpha value is -0.200. The number of piperidine rings is 1. The molecule has 0 unspecified atom stereocenters. The van der Waals surface area contributed by atoms with Crippen LogP contribution in [0.4, 0.5) is 0 Å². The highest BCUT2D eigenvalue weighted by atomic mass is 16.3. The number of hydrogen-bond acceptors (Lipinski definition) is 5. The molecule has 0 radical (unpaired) electrons. The van der Waals surface area contributed by atoms with Crippen LogP contribution in [0.15, 0.2) is 0 Å². The third kappa shape index (κ3) is 1.69. The molecule has 5 heteroatoms. The fourth-order valence-corrected chi connectivity index (χ4v) is 1.12. The Morgan fingerprint density at radius 3 is 2.82 bits per heavy atom. The lowest BCUT2D eigenvalue weighted by atomic mass is 9.95. The Bertz CT molecular complexity index is 160. The Balaban J connectivity index is 2.65. The van der Waals surface area contributed by atoms with E-state index in [0.717, 1.165) is 5.31 Å². The minimum Gasteiger partial charge on any atom is -0.395 e. The molecule has 0 aromatic heterocycles. The number of aliphatic hydroxyl groups excluding tert-OH is 3. The van der Waals surface area contributed by atoms with Crippen molar-refractivity contribution in [3.8, 4) is 0 Å². The van der Waals surface area contributed by atoms with Crippen molar-refractivity contribution in [1.29, 1.82) is 0 Å². The quantitative estimate of drug-likeness (QED) is 0.284. The number of aliphatic hydroxyl groups is 3. The van der Waals surface area contributed by atoms with E-state index in [1.807, 2.05) is 0 Å². The second kappa shape index (κ2) is 3.46. The molecular formula is C6H14N2O3. The highest BCUT2D eigenvalue weighted by Crippen LogP contribution is 2.07. The summed E-state index contributed by atoms with van der Waals surface area (Å²) < 4.78 is 7.28. The number of rotatable bonds is 1. The zero-order valence-electron chi connectivity index (χ0n) is 7.09. The first-order chi connectivity index (χ1) is 5.57. The van der Waals surface area contributed by atoms with Crippen LogP contribution < -0.4 is 11.0 Å². The summed E-state index contributed by atoms with van der Waals surface area (Å²) in [7, 11) is 0. The lowest BCUT2D eigenvalue weighted by Crippen LogP contribution is -2.64. The maximum absolute atomic E-state index is 9.37. The van der Waals surface area contributed by atoms with Crippen LogP contribution in [-0.4, -0.2) is 52.8 Å². The van der Waals surface area contributed by atoms with Gasteiger partial charge in [-0.3, -0.25) is 0 Å². The number of β-amino-alcohol motifs (C(OH)–C–C–N with tert-alkyl or cyclic N) is 1. The molecule has 0 spiro atoms. The Kier molecular flexibility index (Phi) is 2.35. The van der Waals surface area contributed by atoms with Crippen molar-refractivity contribution in [2.45, 2.75) is 24.3 Å². The van der Waals surface area contributed by atoms with E-state index in [4.69, 9.17) is 12.3 Å². The standard InChI is InChI=1S/C6H14N2O3/c7-5-4(10)1-8-3(2-9)6(5)11/h3-6,8-11H,1-2,7H2/t3-,4+,5-,6-/m1/s1/i/hD. The molecule has 11 heavy (non-hydrogen) atoms. The van der Waals surface area contributed by atoms with Crippen molar-refractivity contribution in [3.05, 3.63) is 0 Å². The van der Waals surface area contributed by atoms with E-state index in [-0.39, 0.29) is 13.2 Å². The highest BCUT2D eigenvalue weighted by Gasteiger charge is 2.34. The average Bonchev–Trinajstić information content (AvgIpc) is 2.01. The van der Waals surface area contributed by atoms with E-state index >= 15 is 0 Å². The fourth-order valence-electron chi connectivity index (χ4n) is 1.12. The molecule has 1 aliphatic heterocycles. The second-order valence-corrected chi connectivity index (χ2v) is 2.75. The van der Waals surface area contributed by atoms with E-state index in [9.17, 15) is 10.2 Å². The molecule has 6 N–H and O–H groups in total. The first-order valence-electron chi connectivity index (χ1n) is 4.00. The van der Waals surface area contributed by atoms with Crippen LogP contribution in [0, 0.1) is 0 Å². The predicted octanol–water partition coefficient (Wildman–Crippen LogP) is -3.00. The van der Waals surface area contributed by atoms with Crippen LogP contribution in [-0.2, 0) is 0 Å². The minimum absolute atomic E-state index is 0.0590. The molecule has 1 rings (SSSR count). The monoisotopic (exact) mass is 163 g/mol. The molecule has 1 fully saturated rings. The smallest absolute Gasteiger partial charge is 0.123 e. The summed E-state index contributed by atoms with van der Waals surface area (Å²) in [5, 5.41) is 28.3. The van der Waals surface area contributed by atoms with Gasteiger partial charge < -0.3 is 26.4 Å². The van der Waals surface area contributed by atoms with E-state index in [1.165, 1.54) is 0 Å². The molecule has 1 saturated heterocycles. The van der Waals surface area contributed by atoms with Gasteiger partial charge in [0, 0.05) is 6.54 Å². The lowest BCUT2D eigenvalue weighted by molar-refractivity contribution is -0.0125. The first kappa shape index (κ1) is 7.45. The maximum Gasteiger partial charge on any atom is 0.123 e. The summed E-state index contributed by atoms with van der Waals surface area (Å²) in [4.78, 5) is 0. The number of nitrogens with two attached hydrogens (primary N) is 1. The maximum atomic E-state index is 9.37. The van der Waals surface area contributed by atoms with E-state index in [2.05, 4.69) is 0 Å². The van der Waals surface area contributed by atoms with Crippen LogP contribution in [0.25, 0.3) is 0 Å². The molecule has 0 aromatic carbocycles. The molecule has 4 atom stereocenters. The molecule has 1 aliphatic rings. The van der Waals surface area contributed by atoms with Crippen LogP contribution in [0.1, 0.15) is 0 Å². The largest absolute Gasteiger partial charge is 0.395 e. The normalized spacial score (nSPS) is 48.9. The Morgan fingerprint density at radius 2 is 2.27 bits per heavy atom. The summed E-state index contributed by atoms with van der Waals surface area (Å²) in [6, 6.07) is -1.47. The van der Waals surface area contributed by atoms with Gasteiger partial charge in [0.05, 0.1) is 30.9 Å². The third-order valence-corrected chi connectivity index (χ3v) is 1.95. The van der Waals surface area contributed by atoms with E-state index in [0.29, 0.717) is 0 Å². The molecule has 0 aliphatic carbocycles. The SMILES string of the molecule is [2H]N1C[C@H](O)[C@@H](N)[C@H](O)[C@H]1CO.